The molecular weight excluding hydrogens is 301 g/mol. The van der Waals surface area contributed by atoms with Crippen molar-refractivity contribution in [1.29, 1.82) is 0 Å². The van der Waals surface area contributed by atoms with Gasteiger partial charge in [-0.15, -0.1) is 5.10 Å². The molecule has 2 aromatic heterocycles. The Morgan fingerprint density at radius 1 is 1.22 bits per heavy atom. The van der Waals surface area contributed by atoms with Gasteiger partial charge in [-0.05, 0) is 36.1 Å². The fraction of sp³-hybridized carbons (Fsp3) is 0.200. The number of rotatable bonds is 3. The second-order valence-electron chi connectivity index (χ2n) is 5.38. The van der Waals surface area contributed by atoms with Crippen LogP contribution in [-0.4, -0.2) is 26.2 Å². The Labute approximate surface area is 129 Å². The van der Waals surface area contributed by atoms with E-state index >= 15 is 0 Å². The van der Waals surface area contributed by atoms with E-state index in [1.165, 1.54) is 18.5 Å². The summed E-state index contributed by atoms with van der Waals surface area (Å²) in [5.41, 5.74) is 2.65. The van der Waals surface area contributed by atoms with Gasteiger partial charge in [0.2, 0.25) is 5.95 Å². The van der Waals surface area contributed by atoms with Crippen molar-refractivity contribution in [2.45, 2.75) is 18.9 Å². The lowest BCUT2D eigenvalue weighted by Crippen LogP contribution is -2.20. The SMILES string of the molecule is O=c1[nH]nc(-c2cnc(NC3Cc4ccc(F)cc4C3)nc2)o1. The van der Waals surface area contributed by atoms with E-state index in [-0.39, 0.29) is 17.7 Å². The number of aromatic amines is 1. The summed E-state index contributed by atoms with van der Waals surface area (Å²) in [6, 6.07) is 4.99. The highest BCUT2D eigenvalue weighted by molar-refractivity contribution is 5.50. The lowest BCUT2D eigenvalue weighted by molar-refractivity contribution is 0.526. The third-order valence-corrected chi connectivity index (χ3v) is 3.77. The number of hydrogen-bond acceptors (Lipinski definition) is 6. The number of benzene rings is 1. The highest BCUT2D eigenvalue weighted by atomic mass is 19.1. The van der Waals surface area contributed by atoms with E-state index in [1.807, 2.05) is 6.07 Å². The molecule has 2 heterocycles. The molecule has 3 aromatic rings. The number of anilines is 1. The fourth-order valence-electron chi connectivity index (χ4n) is 2.74. The standard InChI is InChI=1S/C15H12FN5O2/c16-11-2-1-8-4-12(5-9(8)3-11)19-14-17-6-10(7-18-14)13-20-21-15(22)23-13/h1-3,6-7,12H,4-5H2,(H,21,22)(H,17,18,19). The van der Waals surface area contributed by atoms with Crippen LogP contribution in [0.2, 0.25) is 0 Å². The van der Waals surface area contributed by atoms with Gasteiger partial charge in [-0.25, -0.2) is 24.3 Å². The number of nitrogens with zero attached hydrogens (tertiary/aromatic N) is 3. The van der Waals surface area contributed by atoms with Crippen molar-refractivity contribution >= 4 is 5.95 Å². The molecule has 0 radical (unpaired) electrons. The number of H-pyrrole nitrogens is 1. The topological polar surface area (TPSA) is 96.7 Å². The van der Waals surface area contributed by atoms with Crippen LogP contribution in [0, 0.1) is 5.82 Å². The van der Waals surface area contributed by atoms with Crippen molar-refractivity contribution < 1.29 is 8.81 Å². The molecule has 1 atom stereocenters. The van der Waals surface area contributed by atoms with Gasteiger partial charge in [0.05, 0.1) is 5.56 Å². The van der Waals surface area contributed by atoms with Gasteiger partial charge < -0.3 is 9.73 Å². The second kappa shape index (κ2) is 5.31. The van der Waals surface area contributed by atoms with Crippen molar-refractivity contribution in [3.63, 3.8) is 0 Å². The molecule has 4 rings (SSSR count). The lowest BCUT2D eigenvalue weighted by atomic mass is 10.1. The Morgan fingerprint density at radius 2 is 2.00 bits per heavy atom. The Bertz CT molecular complexity index is 903. The van der Waals surface area contributed by atoms with Gasteiger partial charge in [-0.3, -0.25) is 0 Å². The zero-order valence-electron chi connectivity index (χ0n) is 11.9. The Hall–Kier alpha value is -3.03. The highest BCUT2D eigenvalue weighted by Crippen LogP contribution is 2.24. The second-order valence-corrected chi connectivity index (χ2v) is 5.38. The molecule has 2 N–H and O–H groups in total. The number of halogens is 1. The van der Waals surface area contributed by atoms with Crippen LogP contribution in [0.5, 0.6) is 0 Å². The molecule has 1 aliphatic carbocycles. The summed E-state index contributed by atoms with van der Waals surface area (Å²) < 4.78 is 18.1. The van der Waals surface area contributed by atoms with Gasteiger partial charge >= 0.3 is 5.76 Å². The van der Waals surface area contributed by atoms with Gasteiger partial charge in [0.1, 0.15) is 5.82 Å². The minimum absolute atomic E-state index is 0.126. The zero-order chi connectivity index (χ0) is 15.8. The molecule has 0 saturated heterocycles. The quantitative estimate of drug-likeness (QED) is 0.761. The number of nitrogens with one attached hydrogen (secondary N) is 2. The van der Waals surface area contributed by atoms with Gasteiger partial charge in [0, 0.05) is 18.4 Å². The number of hydrogen-bond donors (Lipinski definition) is 2. The van der Waals surface area contributed by atoms with Crippen molar-refractivity contribution in [1.82, 2.24) is 20.2 Å². The molecule has 1 aliphatic rings. The fourth-order valence-corrected chi connectivity index (χ4v) is 2.74. The van der Waals surface area contributed by atoms with Gasteiger partial charge in [0.15, 0.2) is 0 Å². The predicted octanol–water partition coefficient (Wildman–Crippen LogP) is 1.54. The monoisotopic (exact) mass is 313 g/mol. The summed E-state index contributed by atoms with van der Waals surface area (Å²) in [6.07, 6.45) is 4.58. The van der Waals surface area contributed by atoms with Crippen LogP contribution in [-0.2, 0) is 12.8 Å². The molecule has 0 aliphatic heterocycles. The van der Waals surface area contributed by atoms with Crippen LogP contribution in [0.1, 0.15) is 11.1 Å². The third-order valence-electron chi connectivity index (χ3n) is 3.77. The smallest absolute Gasteiger partial charge is 0.388 e. The Morgan fingerprint density at radius 3 is 2.74 bits per heavy atom. The van der Waals surface area contributed by atoms with Crippen LogP contribution in [0.25, 0.3) is 11.5 Å². The van der Waals surface area contributed by atoms with E-state index in [9.17, 15) is 9.18 Å². The van der Waals surface area contributed by atoms with Crippen molar-refractivity contribution in [2.24, 2.45) is 0 Å². The van der Waals surface area contributed by atoms with Crippen LogP contribution in [0.15, 0.2) is 39.8 Å². The summed E-state index contributed by atoms with van der Waals surface area (Å²) >= 11 is 0. The Balaban J connectivity index is 1.47. The lowest BCUT2D eigenvalue weighted by Gasteiger charge is -2.11. The number of aromatic nitrogens is 4. The number of fused-ring (bicyclic) bond motifs is 1. The molecule has 7 nitrogen and oxygen atoms in total. The normalized spacial score (nSPS) is 16.3. The van der Waals surface area contributed by atoms with Gasteiger partial charge in [0.25, 0.3) is 5.89 Å². The predicted molar refractivity (Wildman–Crippen MR) is 79.4 cm³/mol. The van der Waals surface area contributed by atoms with Gasteiger partial charge in [-0.1, -0.05) is 6.07 Å². The molecular formula is C15H12FN5O2. The van der Waals surface area contributed by atoms with Crippen LogP contribution in [0.4, 0.5) is 10.3 Å². The average molecular weight is 313 g/mol. The maximum Gasteiger partial charge on any atom is 0.434 e. The van der Waals surface area contributed by atoms with Crippen molar-refractivity contribution in [2.75, 3.05) is 5.32 Å². The molecule has 23 heavy (non-hydrogen) atoms. The first-order valence-electron chi connectivity index (χ1n) is 7.09. The average Bonchev–Trinajstić information content (AvgIpc) is 3.13. The molecule has 8 heteroatoms. The summed E-state index contributed by atoms with van der Waals surface area (Å²) in [5, 5.41) is 9.12. The minimum atomic E-state index is -0.627. The highest BCUT2D eigenvalue weighted by Gasteiger charge is 2.22. The van der Waals surface area contributed by atoms with Gasteiger partial charge in [-0.2, -0.15) is 0 Å². The zero-order valence-corrected chi connectivity index (χ0v) is 11.9. The summed E-state index contributed by atoms with van der Waals surface area (Å²) in [7, 11) is 0. The molecule has 0 fully saturated rings. The summed E-state index contributed by atoms with van der Waals surface area (Å²) in [4.78, 5) is 19.3. The first kappa shape index (κ1) is 13.6. The first-order valence-corrected chi connectivity index (χ1v) is 7.09. The van der Waals surface area contributed by atoms with E-state index in [1.54, 1.807) is 6.07 Å². The molecule has 116 valence electrons. The maximum atomic E-state index is 13.2. The molecule has 0 amide bonds. The summed E-state index contributed by atoms with van der Waals surface area (Å²) in [6.45, 7) is 0. The van der Waals surface area contributed by atoms with Crippen molar-refractivity contribution in [3.05, 3.63) is 58.1 Å². The van der Waals surface area contributed by atoms with Crippen LogP contribution in [0.3, 0.4) is 0 Å². The first-order chi connectivity index (χ1) is 11.2. The molecule has 0 bridgehead atoms. The largest absolute Gasteiger partial charge is 0.434 e. The van der Waals surface area contributed by atoms with Crippen molar-refractivity contribution in [3.8, 4) is 11.5 Å². The van der Waals surface area contributed by atoms with Crippen LogP contribution < -0.4 is 11.1 Å². The van der Waals surface area contributed by atoms with E-state index in [0.29, 0.717) is 11.5 Å². The summed E-state index contributed by atoms with van der Waals surface area (Å²) in [5.74, 6) is -0.237. The minimum Gasteiger partial charge on any atom is -0.388 e. The van der Waals surface area contributed by atoms with Crippen LogP contribution >= 0.6 is 0 Å². The molecule has 0 spiro atoms. The maximum absolute atomic E-state index is 13.2. The Kier molecular flexibility index (Phi) is 3.14. The van der Waals surface area contributed by atoms with E-state index in [0.717, 1.165) is 24.0 Å². The van der Waals surface area contributed by atoms with E-state index in [2.05, 4.69) is 25.5 Å². The third kappa shape index (κ3) is 2.70. The molecule has 0 saturated carbocycles. The van der Waals surface area contributed by atoms with E-state index in [4.69, 9.17) is 4.42 Å². The van der Waals surface area contributed by atoms with E-state index < -0.39 is 5.76 Å². The molecule has 1 unspecified atom stereocenters. The molecule has 1 aromatic carbocycles.